The van der Waals surface area contributed by atoms with Crippen molar-refractivity contribution in [3.05, 3.63) is 51.5 Å². The Labute approximate surface area is 85.7 Å². The van der Waals surface area contributed by atoms with Crippen molar-refractivity contribution in [2.45, 2.75) is 0 Å². The molecule has 0 bridgehead atoms. The molecule has 0 aliphatic heterocycles. The third-order valence-corrected chi connectivity index (χ3v) is 2.03. The summed E-state index contributed by atoms with van der Waals surface area (Å²) < 4.78 is 5.80. The van der Waals surface area contributed by atoms with Crippen LogP contribution in [0.5, 0.6) is 0 Å². The molecule has 0 amide bonds. The Balaban J connectivity index is 2.77. The van der Waals surface area contributed by atoms with Crippen LogP contribution in [0.1, 0.15) is 5.56 Å². The summed E-state index contributed by atoms with van der Waals surface area (Å²) in [5.74, 6) is 0. The topological polar surface area (TPSA) is 56.3 Å². The van der Waals surface area contributed by atoms with Crippen molar-refractivity contribution >= 4 is 17.2 Å². The summed E-state index contributed by atoms with van der Waals surface area (Å²) in [6.07, 6.45) is 2.48. The van der Waals surface area contributed by atoms with Gasteiger partial charge in [-0.15, -0.1) is 0 Å². The fraction of sp³-hybridized carbons (Fsp3) is 0.0909. The van der Waals surface area contributed by atoms with Gasteiger partial charge in [-0.25, -0.2) is 4.74 Å². The molecule has 0 unspecified atom stereocenters. The van der Waals surface area contributed by atoms with Gasteiger partial charge in [0.2, 0.25) is 5.43 Å². The lowest BCUT2D eigenvalue weighted by Crippen LogP contribution is -2.11. The second kappa shape index (κ2) is 3.57. The van der Waals surface area contributed by atoms with E-state index in [1.54, 1.807) is 24.3 Å². The number of rotatable bonds is 1. The van der Waals surface area contributed by atoms with Crippen LogP contribution in [0.3, 0.4) is 0 Å². The molecule has 15 heavy (non-hydrogen) atoms. The summed E-state index contributed by atoms with van der Waals surface area (Å²) in [4.78, 5) is 11.8. The molecule has 1 heterocycles. The maximum atomic E-state index is 11.8. The number of hydrogen-bond acceptors (Lipinski definition) is 3. The monoisotopic (exact) mass is 203 g/mol. The number of para-hydroxylation sites is 1. The highest BCUT2D eigenvalue weighted by atomic mass is 16.5. The summed E-state index contributed by atoms with van der Waals surface area (Å²) in [7, 11) is 1.31. The Morgan fingerprint density at radius 3 is 2.87 bits per heavy atom. The van der Waals surface area contributed by atoms with Gasteiger partial charge < -0.3 is 9.62 Å². The van der Waals surface area contributed by atoms with E-state index in [-0.39, 0.29) is 11.0 Å². The highest BCUT2D eigenvalue weighted by molar-refractivity contribution is 5.84. The largest absolute Gasteiger partial charge is 0.624 e. The lowest BCUT2D eigenvalue weighted by molar-refractivity contribution is -0.416. The van der Waals surface area contributed by atoms with E-state index in [4.69, 9.17) is 4.42 Å². The molecule has 1 aromatic heterocycles. The molecule has 0 saturated carbocycles. The SMILES string of the molecule is C/[N+]([O-])=C\c1coc2ccccc2c1=O. The normalized spacial score (nSPS) is 11.9. The smallest absolute Gasteiger partial charge is 0.205 e. The fourth-order valence-corrected chi connectivity index (χ4v) is 1.38. The first-order valence-corrected chi connectivity index (χ1v) is 4.44. The molecule has 0 spiro atoms. The summed E-state index contributed by atoms with van der Waals surface area (Å²) in [5, 5.41) is 11.3. The summed E-state index contributed by atoms with van der Waals surface area (Å²) >= 11 is 0. The molecule has 0 radical (unpaired) electrons. The summed E-state index contributed by atoms with van der Waals surface area (Å²) in [6.45, 7) is 0. The van der Waals surface area contributed by atoms with E-state index in [1.165, 1.54) is 19.5 Å². The molecule has 0 aliphatic carbocycles. The van der Waals surface area contributed by atoms with Crippen molar-refractivity contribution in [3.8, 4) is 0 Å². The van der Waals surface area contributed by atoms with E-state index in [0.717, 1.165) is 0 Å². The molecule has 2 aromatic rings. The lowest BCUT2D eigenvalue weighted by atomic mass is 10.2. The van der Waals surface area contributed by atoms with Gasteiger partial charge in [0.25, 0.3) is 0 Å². The van der Waals surface area contributed by atoms with Gasteiger partial charge in [-0.05, 0) is 12.1 Å². The molecule has 2 rings (SSSR count). The zero-order valence-electron chi connectivity index (χ0n) is 8.14. The number of hydrogen-bond donors (Lipinski definition) is 0. The predicted octanol–water partition coefficient (Wildman–Crippen LogP) is 1.35. The van der Waals surface area contributed by atoms with Crippen LogP contribution in [-0.2, 0) is 0 Å². The van der Waals surface area contributed by atoms with Gasteiger partial charge in [-0.1, -0.05) is 12.1 Å². The molecule has 76 valence electrons. The van der Waals surface area contributed by atoms with Crippen molar-refractivity contribution in [2.75, 3.05) is 7.05 Å². The lowest BCUT2D eigenvalue weighted by Gasteiger charge is -1.97. The van der Waals surface area contributed by atoms with Gasteiger partial charge in [0, 0.05) is 0 Å². The van der Waals surface area contributed by atoms with E-state index in [0.29, 0.717) is 15.7 Å². The molecular formula is C11H9NO3. The minimum absolute atomic E-state index is 0.195. The van der Waals surface area contributed by atoms with Gasteiger partial charge in [0.1, 0.15) is 24.5 Å². The average Bonchev–Trinajstić information content (AvgIpc) is 2.22. The summed E-state index contributed by atoms with van der Waals surface area (Å²) in [6, 6.07) is 6.92. The Morgan fingerprint density at radius 1 is 1.40 bits per heavy atom. The number of hydroxylamine groups is 1. The summed E-state index contributed by atoms with van der Waals surface area (Å²) in [5.41, 5.74) is 0.582. The maximum Gasteiger partial charge on any atom is 0.205 e. The standard InChI is InChI=1S/C11H9NO3/c1-12(14)6-8-7-15-10-5-3-2-4-9(10)11(8)13/h2-7H,1H3/b12-6+. The van der Waals surface area contributed by atoms with Crippen molar-refractivity contribution in [3.63, 3.8) is 0 Å². The van der Waals surface area contributed by atoms with Crippen LogP contribution in [0, 0.1) is 5.21 Å². The first-order valence-electron chi connectivity index (χ1n) is 4.44. The first-order chi connectivity index (χ1) is 7.18. The second-order valence-corrected chi connectivity index (χ2v) is 3.19. The van der Waals surface area contributed by atoms with E-state index >= 15 is 0 Å². The fourth-order valence-electron chi connectivity index (χ4n) is 1.38. The molecule has 4 heteroatoms. The van der Waals surface area contributed by atoms with Crippen LogP contribution >= 0.6 is 0 Å². The minimum atomic E-state index is -0.195. The molecule has 0 saturated heterocycles. The van der Waals surface area contributed by atoms with Gasteiger partial charge in [0.15, 0.2) is 6.21 Å². The van der Waals surface area contributed by atoms with Crippen LogP contribution in [0.15, 0.2) is 39.7 Å². The van der Waals surface area contributed by atoms with Crippen LogP contribution in [0.25, 0.3) is 11.0 Å². The Kier molecular flexibility index (Phi) is 2.25. The Bertz CT molecular complexity index is 580. The number of benzene rings is 1. The Morgan fingerprint density at radius 2 is 2.13 bits per heavy atom. The van der Waals surface area contributed by atoms with Gasteiger partial charge in [-0.2, -0.15) is 0 Å². The highest BCUT2D eigenvalue weighted by Crippen LogP contribution is 2.09. The molecule has 0 N–H and O–H groups in total. The zero-order valence-corrected chi connectivity index (χ0v) is 8.14. The van der Waals surface area contributed by atoms with E-state index < -0.39 is 0 Å². The van der Waals surface area contributed by atoms with E-state index in [1.807, 2.05) is 0 Å². The zero-order chi connectivity index (χ0) is 10.8. The van der Waals surface area contributed by atoms with Crippen molar-refractivity contribution < 1.29 is 9.16 Å². The van der Waals surface area contributed by atoms with Crippen LogP contribution < -0.4 is 5.43 Å². The van der Waals surface area contributed by atoms with Crippen molar-refractivity contribution in [2.24, 2.45) is 0 Å². The molecule has 0 fully saturated rings. The molecule has 0 atom stereocenters. The number of nitrogens with zero attached hydrogens (tertiary/aromatic N) is 1. The van der Waals surface area contributed by atoms with Crippen LogP contribution in [0.2, 0.25) is 0 Å². The van der Waals surface area contributed by atoms with Crippen molar-refractivity contribution in [1.82, 2.24) is 0 Å². The highest BCUT2D eigenvalue weighted by Gasteiger charge is 2.05. The molecule has 4 nitrogen and oxygen atoms in total. The van der Waals surface area contributed by atoms with Crippen molar-refractivity contribution in [1.29, 1.82) is 0 Å². The van der Waals surface area contributed by atoms with Crippen LogP contribution in [0.4, 0.5) is 0 Å². The van der Waals surface area contributed by atoms with Gasteiger partial charge >= 0.3 is 0 Å². The molecule has 0 aliphatic rings. The third-order valence-electron chi connectivity index (χ3n) is 2.03. The van der Waals surface area contributed by atoms with Crippen LogP contribution in [-0.4, -0.2) is 18.0 Å². The average molecular weight is 203 g/mol. The quantitative estimate of drug-likeness (QED) is 0.304. The molecule has 1 aromatic carbocycles. The third kappa shape index (κ3) is 1.74. The first kappa shape index (κ1) is 9.45. The predicted molar refractivity (Wildman–Crippen MR) is 57.2 cm³/mol. The minimum Gasteiger partial charge on any atom is -0.624 e. The van der Waals surface area contributed by atoms with Gasteiger partial charge in [0.05, 0.1) is 5.39 Å². The Hall–Kier alpha value is -2.10. The molecular weight excluding hydrogens is 194 g/mol. The second-order valence-electron chi connectivity index (χ2n) is 3.19. The number of fused-ring (bicyclic) bond motifs is 1. The van der Waals surface area contributed by atoms with E-state index in [9.17, 15) is 10.0 Å². The maximum absolute atomic E-state index is 11.8. The van der Waals surface area contributed by atoms with E-state index in [2.05, 4.69) is 0 Å². The van der Waals surface area contributed by atoms with Gasteiger partial charge in [-0.3, -0.25) is 4.79 Å².